The predicted octanol–water partition coefficient (Wildman–Crippen LogP) is 3.88. The number of Topliss-reactive ketones (excluding diaryl/α,β-unsaturated/α-hetero) is 1. The minimum atomic E-state index is -0.201. The fraction of sp³-hybridized carbons (Fsp3) is 0.833. The molecular formula is C18H28O2. The van der Waals surface area contributed by atoms with Crippen LogP contribution in [0.4, 0.5) is 0 Å². The van der Waals surface area contributed by atoms with Gasteiger partial charge in [-0.05, 0) is 49.9 Å². The van der Waals surface area contributed by atoms with E-state index in [0.717, 1.165) is 32.1 Å². The molecule has 2 fully saturated rings. The van der Waals surface area contributed by atoms with Crippen molar-refractivity contribution in [2.75, 3.05) is 6.61 Å². The molecule has 2 saturated carbocycles. The second kappa shape index (κ2) is 4.43. The summed E-state index contributed by atoms with van der Waals surface area (Å²) in [5.74, 6) is 0.883. The minimum Gasteiger partial charge on any atom is -0.395 e. The summed E-state index contributed by atoms with van der Waals surface area (Å²) in [7, 11) is 0. The molecular weight excluding hydrogens is 248 g/mol. The van der Waals surface area contributed by atoms with Crippen molar-refractivity contribution >= 4 is 5.78 Å². The number of carbonyl (C=O) groups excluding carboxylic acids is 1. The molecule has 2 nitrogen and oxygen atoms in total. The zero-order valence-electron chi connectivity index (χ0n) is 13.2. The van der Waals surface area contributed by atoms with Gasteiger partial charge in [0.05, 0.1) is 6.61 Å². The van der Waals surface area contributed by atoms with Gasteiger partial charge in [0.15, 0.2) is 0 Å². The third-order valence-electron chi connectivity index (χ3n) is 6.84. The summed E-state index contributed by atoms with van der Waals surface area (Å²) in [6, 6.07) is 0. The van der Waals surface area contributed by atoms with Crippen LogP contribution in [0.1, 0.15) is 65.7 Å². The molecule has 112 valence electrons. The summed E-state index contributed by atoms with van der Waals surface area (Å²) >= 11 is 0. The van der Waals surface area contributed by atoms with Crippen LogP contribution in [-0.4, -0.2) is 17.5 Å². The Hall–Kier alpha value is -0.630. The van der Waals surface area contributed by atoms with Gasteiger partial charge in [-0.2, -0.15) is 0 Å². The van der Waals surface area contributed by atoms with Crippen LogP contribution in [0.2, 0.25) is 0 Å². The number of aliphatic hydroxyl groups is 1. The molecule has 0 heterocycles. The van der Waals surface area contributed by atoms with Gasteiger partial charge in [0, 0.05) is 17.3 Å². The second-order valence-electron chi connectivity index (χ2n) is 8.10. The molecule has 3 aliphatic carbocycles. The van der Waals surface area contributed by atoms with E-state index in [1.807, 2.05) is 0 Å². The molecule has 3 rings (SSSR count). The molecule has 0 aromatic heterocycles. The topological polar surface area (TPSA) is 37.3 Å². The minimum absolute atomic E-state index is 0.0277. The maximum Gasteiger partial charge on any atom is 0.138 e. The molecule has 0 aromatic rings. The third-order valence-corrected chi connectivity index (χ3v) is 6.84. The van der Waals surface area contributed by atoms with Crippen LogP contribution in [-0.2, 0) is 4.79 Å². The molecule has 0 bridgehead atoms. The van der Waals surface area contributed by atoms with Gasteiger partial charge in [0.25, 0.3) is 0 Å². The van der Waals surface area contributed by atoms with Crippen molar-refractivity contribution in [3.63, 3.8) is 0 Å². The zero-order valence-corrected chi connectivity index (χ0v) is 13.2. The molecule has 2 heteroatoms. The standard InChI is InChI=1S/C18H28O2/c1-16(2)13-7-11-18(12-19)9-5-4-6-14(18)17(13,3)10-8-15(16)20/h6,13,19H,4-5,7-12H2,1-3H3/t13-,17?,18+/m0/s1. The molecule has 20 heavy (non-hydrogen) atoms. The molecule has 0 spiro atoms. The number of allylic oxidation sites excluding steroid dienone is 1. The molecule has 3 atom stereocenters. The first-order valence-electron chi connectivity index (χ1n) is 8.22. The quantitative estimate of drug-likeness (QED) is 0.738. The Bertz CT molecular complexity index is 462. The Morgan fingerprint density at radius 2 is 2.00 bits per heavy atom. The van der Waals surface area contributed by atoms with Crippen LogP contribution in [0.15, 0.2) is 11.6 Å². The molecule has 0 aromatic carbocycles. The molecule has 0 amide bonds. The maximum atomic E-state index is 12.4. The first-order chi connectivity index (χ1) is 9.37. The number of aliphatic hydroxyl groups excluding tert-OH is 1. The van der Waals surface area contributed by atoms with Crippen LogP contribution < -0.4 is 0 Å². The summed E-state index contributed by atoms with van der Waals surface area (Å²) in [6.07, 6.45) is 9.73. The van der Waals surface area contributed by atoms with E-state index < -0.39 is 0 Å². The fourth-order valence-corrected chi connectivity index (χ4v) is 5.66. The normalized spacial score (nSPS) is 43.5. The van der Waals surface area contributed by atoms with Crippen molar-refractivity contribution in [1.82, 2.24) is 0 Å². The summed E-state index contributed by atoms with van der Waals surface area (Å²) in [5, 5.41) is 10.1. The lowest BCUT2D eigenvalue weighted by molar-refractivity contribution is -0.142. The smallest absolute Gasteiger partial charge is 0.138 e. The fourth-order valence-electron chi connectivity index (χ4n) is 5.66. The molecule has 1 unspecified atom stereocenters. The van der Waals surface area contributed by atoms with Gasteiger partial charge in [0.2, 0.25) is 0 Å². The largest absolute Gasteiger partial charge is 0.395 e. The van der Waals surface area contributed by atoms with Crippen molar-refractivity contribution in [2.45, 2.75) is 65.7 Å². The number of ketones is 1. The molecule has 3 aliphatic rings. The van der Waals surface area contributed by atoms with Gasteiger partial charge >= 0.3 is 0 Å². The number of rotatable bonds is 1. The average molecular weight is 276 g/mol. The Morgan fingerprint density at radius 1 is 1.25 bits per heavy atom. The van der Waals surface area contributed by atoms with Crippen molar-refractivity contribution in [1.29, 1.82) is 0 Å². The highest BCUT2D eigenvalue weighted by atomic mass is 16.3. The van der Waals surface area contributed by atoms with E-state index in [9.17, 15) is 9.90 Å². The van der Waals surface area contributed by atoms with E-state index >= 15 is 0 Å². The summed E-state index contributed by atoms with van der Waals surface area (Å²) in [4.78, 5) is 12.4. The summed E-state index contributed by atoms with van der Waals surface area (Å²) in [6.45, 7) is 6.95. The molecule has 0 saturated heterocycles. The van der Waals surface area contributed by atoms with Crippen molar-refractivity contribution in [3.05, 3.63) is 11.6 Å². The van der Waals surface area contributed by atoms with Gasteiger partial charge < -0.3 is 5.11 Å². The van der Waals surface area contributed by atoms with Crippen LogP contribution in [0.3, 0.4) is 0 Å². The first-order valence-corrected chi connectivity index (χ1v) is 8.22. The highest BCUT2D eigenvalue weighted by molar-refractivity contribution is 5.85. The van der Waals surface area contributed by atoms with E-state index in [2.05, 4.69) is 26.8 Å². The SMILES string of the molecule is CC1(C)C(=O)CCC2(C)C3=CCCC[C@]3(CO)CC[C@@H]12. The van der Waals surface area contributed by atoms with Crippen LogP contribution in [0.5, 0.6) is 0 Å². The van der Waals surface area contributed by atoms with Crippen LogP contribution in [0, 0.1) is 22.2 Å². The van der Waals surface area contributed by atoms with Gasteiger partial charge in [-0.1, -0.05) is 32.4 Å². The van der Waals surface area contributed by atoms with Crippen molar-refractivity contribution in [2.24, 2.45) is 22.2 Å². The lowest BCUT2D eigenvalue weighted by atomic mass is 9.44. The number of hydrogen-bond acceptors (Lipinski definition) is 2. The number of hydrogen-bond donors (Lipinski definition) is 1. The monoisotopic (exact) mass is 276 g/mol. The lowest BCUT2D eigenvalue weighted by Crippen LogP contribution is -2.55. The Balaban J connectivity index is 2.07. The van der Waals surface area contributed by atoms with E-state index in [1.54, 1.807) is 0 Å². The number of carbonyl (C=O) groups is 1. The van der Waals surface area contributed by atoms with E-state index in [-0.39, 0.29) is 22.9 Å². The van der Waals surface area contributed by atoms with Gasteiger partial charge in [-0.25, -0.2) is 0 Å². The highest BCUT2D eigenvalue weighted by Crippen LogP contribution is 2.65. The average Bonchev–Trinajstić information content (AvgIpc) is 2.43. The Kier molecular flexibility index (Phi) is 3.17. The van der Waals surface area contributed by atoms with E-state index in [4.69, 9.17) is 0 Å². The summed E-state index contributed by atoms with van der Waals surface area (Å²) < 4.78 is 0. The first kappa shape index (κ1) is 14.3. The lowest BCUT2D eigenvalue weighted by Gasteiger charge is -2.60. The Morgan fingerprint density at radius 3 is 2.70 bits per heavy atom. The van der Waals surface area contributed by atoms with Crippen molar-refractivity contribution < 1.29 is 9.90 Å². The number of fused-ring (bicyclic) bond motifs is 3. The highest BCUT2D eigenvalue weighted by Gasteiger charge is 2.59. The molecule has 1 N–H and O–H groups in total. The van der Waals surface area contributed by atoms with Gasteiger partial charge in [0.1, 0.15) is 5.78 Å². The van der Waals surface area contributed by atoms with Gasteiger partial charge in [-0.3, -0.25) is 4.79 Å². The molecule has 0 aliphatic heterocycles. The van der Waals surface area contributed by atoms with E-state index in [0.29, 0.717) is 18.1 Å². The summed E-state index contributed by atoms with van der Waals surface area (Å²) in [5.41, 5.74) is 1.45. The Labute approximate surface area is 122 Å². The third kappa shape index (κ3) is 1.70. The van der Waals surface area contributed by atoms with Crippen LogP contribution >= 0.6 is 0 Å². The molecule has 0 radical (unpaired) electrons. The van der Waals surface area contributed by atoms with Gasteiger partial charge in [-0.15, -0.1) is 0 Å². The predicted molar refractivity (Wildman–Crippen MR) is 80.3 cm³/mol. The second-order valence-corrected chi connectivity index (χ2v) is 8.10. The van der Waals surface area contributed by atoms with Crippen LogP contribution in [0.25, 0.3) is 0 Å². The zero-order chi connectivity index (χ0) is 14.6. The maximum absolute atomic E-state index is 12.4. The van der Waals surface area contributed by atoms with E-state index in [1.165, 1.54) is 12.0 Å². The van der Waals surface area contributed by atoms with Crippen molar-refractivity contribution in [3.8, 4) is 0 Å².